The fraction of sp³-hybridized carbons (Fsp3) is 0.0588. The molecule has 2 aromatic heterocycles. The van der Waals surface area contributed by atoms with Crippen LogP contribution in [0.5, 0.6) is 11.6 Å². The molecule has 0 aliphatic heterocycles. The second-order valence-electron chi connectivity index (χ2n) is 5.04. The second kappa shape index (κ2) is 7.12. The Labute approximate surface area is 149 Å². The van der Waals surface area contributed by atoms with Crippen molar-refractivity contribution in [1.29, 1.82) is 0 Å². The summed E-state index contributed by atoms with van der Waals surface area (Å²) in [6, 6.07) is 10.6. The van der Waals surface area contributed by atoms with Crippen molar-refractivity contribution < 1.29 is 27.1 Å². The van der Waals surface area contributed by atoms with E-state index in [1.165, 1.54) is 41.8 Å². The van der Waals surface area contributed by atoms with E-state index in [9.17, 15) is 22.4 Å². The van der Waals surface area contributed by atoms with Crippen LogP contribution in [0.1, 0.15) is 4.88 Å². The summed E-state index contributed by atoms with van der Waals surface area (Å²) in [5.74, 6) is -0.415. The maximum Gasteiger partial charge on any atom is 0.425 e. The minimum Gasteiger partial charge on any atom is -0.438 e. The Morgan fingerprint density at radius 3 is 2.54 bits per heavy atom. The molecule has 26 heavy (non-hydrogen) atoms. The maximum atomic E-state index is 13.4. The van der Waals surface area contributed by atoms with Crippen molar-refractivity contribution in [3.63, 3.8) is 0 Å². The zero-order valence-electron chi connectivity index (χ0n) is 12.9. The summed E-state index contributed by atoms with van der Waals surface area (Å²) >= 11 is 0.503. The van der Waals surface area contributed by atoms with Gasteiger partial charge in [-0.25, -0.2) is 4.39 Å². The molecule has 0 N–H and O–H groups in total. The quantitative estimate of drug-likeness (QED) is 0.439. The highest BCUT2D eigenvalue weighted by atomic mass is 32.1. The Balaban J connectivity index is 1.85. The van der Waals surface area contributed by atoms with Gasteiger partial charge in [-0.15, -0.1) is 11.3 Å². The Bertz CT molecular complexity index is 927. The Hall–Kier alpha value is -2.94. The molecule has 0 spiro atoms. The molecule has 134 valence electrons. The third kappa shape index (κ3) is 3.99. The van der Waals surface area contributed by atoms with Crippen LogP contribution in [0.4, 0.5) is 29.1 Å². The standard InChI is InChI=1S/C17H10F4N2O2S/c18-11-3-1-4-12(7-11)23(10-24)15-5-2-6-16(22-15)25-13-8-14(26-9-13)17(19,20)21/h1-10H. The number of aromatic nitrogens is 1. The van der Waals surface area contributed by atoms with Gasteiger partial charge in [-0.2, -0.15) is 18.2 Å². The van der Waals surface area contributed by atoms with Gasteiger partial charge in [-0.05, 0) is 24.3 Å². The van der Waals surface area contributed by atoms with Crippen LogP contribution in [0, 0.1) is 5.82 Å². The van der Waals surface area contributed by atoms with E-state index in [2.05, 4.69) is 4.98 Å². The minimum absolute atomic E-state index is 0.00252. The van der Waals surface area contributed by atoms with Gasteiger partial charge in [0.1, 0.15) is 22.3 Å². The lowest BCUT2D eigenvalue weighted by Gasteiger charge is -2.17. The van der Waals surface area contributed by atoms with Crippen LogP contribution in [0.3, 0.4) is 0 Å². The van der Waals surface area contributed by atoms with Gasteiger partial charge in [0.2, 0.25) is 12.3 Å². The number of carbonyl (C=O) groups is 1. The molecule has 9 heteroatoms. The molecule has 0 unspecified atom stereocenters. The van der Waals surface area contributed by atoms with Gasteiger partial charge in [0.25, 0.3) is 0 Å². The number of amides is 1. The molecule has 0 fully saturated rings. The van der Waals surface area contributed by atoms with Crippen LogP contribution < -0.4 is 9.64 Å². The largest absolute Gasteiger partial charge is 0.438 e. The molecule has 0 saturated carbocycles. The highest BCUT2D eigenvalue weighted by Crippen LogP contribution is 2.37. The van der Waals surface area contributed by atoms with E-state index < -0.39 is 16.9 Å². The van der Waals surface area contributed by atoms with Crippen molar-refractivity contribution in [2.75, 3.05) is 4.90 Å². The van der Waals surface area contributed by atoms with E-state index in [-0.39, 0.29) is 23.1 Å². The second-order valence-corrected chi connectivity index (χ2v) is 5.95. The molecule has 0 aliphatic carbocycles. The summed E-state index contributed by atoms with van der Waals surface area (Å²) in [6.45, 7) is 0. The first-order valence-corrected chi connectivity index (χ1v) is 8.05. The SMILES string of the molecule is O=CN(c1cccc(F)c1)c1cccc(Oc2csc(C(F)(F)F)c2)n1. The lowest BCUT2D eigenvalue weighted by molar-refractivity contribution is -0.134. The molecule has 1 amide bonds. The van der Waals surface area contributed by atoms with E-state index in [1.807, 2.05) is 0 Å². The molecule has 0 saturated heterocycles. The predicted octanol–water partition coefficient (Wildman–Crippen LogP) is 5.39. The van der Waals surface area contributed by atoms with Gasteiger partial charge < -0.3 is 4.74 Å². The molecule has 2 heterocycles. The molecular weight excluding hydrogens is 372 g/mol. The summed E-state index contributed by atoms with van der Waals surface area (Å²) in [7, 11) is 0. The molecule has 0 radical (unpaired) electrons. The van der Waals surface area contributed by atoms with Crippen molar-refractivity contribution >= 4 is 29.3 Å². The van der Waals surface area contributed by atoms with E-state index >= 15 is 0 Å². The number of carbonyl (C=O) groups excluding carboxylic acids is 1. The highest BCUT2D eigenvalue weighted by Gasteiger charge is 2.32. The molecule has 0 aliphatic rings. The van der Waals surface area contributed by atoms with Crippen LogP contribution in [0.25, 0.3) is 0 Å². The number of ether oxygens (including phenoxy) is 1. The van der Waals surface area contributed by atoms with Crippen molar-refractivity contribution in [1.82, 2.24) is 4.98 Å². The molecule has 3 rings (SSSR count). The number of hydrogen-bond acceptors (Lipinski definition) is 4. The third-order valence-electron chi connectivity index (χ3n) is 3.22. The zero-order valence-corrected chi connectivity index (χ0v) is 13.7. The molecule has 0 bridgehead atoms. The summed E-state index contributed by atoms with van der Waals surface area (Å²) in [4.78, 5) is 15.8. The van der Waals surface area contributed by atoms with Crippen molar-refractivity contribution in [3.8, 4) is 11.6 Å². The highest BCUT2D eigenvalue weighted by molar-refractivity contribution is 7.10. The van der Waals surface area contributed by atoms with Crippen LogP contribution in [0.15, 0.2) is 53.9 Å². The number of anilines is 2. The third-order valence-corrected chi connectivity index (χ3v) is 4.18. The van der Waals surface area contributed by atoms with Crippen molar-refractivity contribution in [3.05, 3.63) is 64.6 Å². The fourth-order valence-electron chi connectivity index (χ4n) is 2.11. The Kier molecular flexibility index (Phi) is 4.90. The first-order valence-electron chi connectivity index (χ1n) is 7.17. The van der Waals surface area contributed by atoms with Gasteiger partial charge >= 0.3 is 6.18 Å². The van der Waals surface area contributed by atoms with E-state index in [0.717, 1.165) is 17.0 Å². The van der Waals surface area contributed by atoms with Crippen LogP contribution in [0.2, 0.25) is 0 Å². The fourth-order valence-corrected chi connectivity index (χ4v) is 2.79. The van der Waals surface area contributed by atoms with Gasteiger partial charge in [0, 0.05) is 17.5 Å². The molecule has 1 aromatic carbocycles. The molecule has 3 aromatic rings. The average Bonchev–Trinajstić information content (AvgIpc) is 3.05. The monoisotopic (exact) mass is 382 g/mol. The van der Waals surface area contributed by atoms with Gasteiger partial charge in [0.15, 0.2) is 0 Å². The number of rotatable bonds is 5. The minimum atomic E-state index is -4.45. The van der Waals surface area contributed by atoms with Crippen molar-refractivity contribution in [2.24, 2.45) is 0 Å². The average molecular weight is 382 g/mol. The topological polar surface area (TPSA) is 42.4 Å². The molecule has 0 atom stereocenters. The number of thiophene rings is 1. The normalized spacial score (nSPS) is 11.2. The van der Waals surface area contributed by atoms with Gasteiger partial charge in [-0.3, -0.25) is 9.69 Å². The summed E-state index contributed by atoms with van der Waals surface area (Å²) in [5.41, 5.74) is 0.250. The number of pyridine rings is 1. The number of nitrogens with zero attached hydrogens (tertiary/aromatic N) is 2. The lowest BCUT2D eigenvalue weighted by Crippen LogP contribution is -2.15. The number of benzene rings is 1. The van der Waals surface area contributed by atoms with Crippen LogP contribution >= 0.6 is 11.3 Å². The lowest BCUT2D eigenvalue weighted by atomic mass is 10.3. The molecule has 4 nitrogen and oxygen atoms in total. The van der Waals surface area contributed by atoms with E-state index in [0.29, 0.717) is 17.7 Å². The number of hydrogen-bond donors (Lipinski definition) is 0. The first-order chi connectivity index (χ1) is 12.4. The summed E-state index contributed by atoms with van der Waals surface area (Å²) in [5, 5.41) is 1.21. The van der Waals surface area contributed by atoms with Crippen LogP contribution in [-0.4, -0.2) is 11.4 Å². The first kappa shape index (κ1) is 17.9. The van der Waals surface area contributed by atoms with Gasteiger partial charge in [0.05, 0.1) is 5.69 Å². The Morgan fingerprint density at radius 1 is 1.12 bits per heavy atom. The summed E-state index contributed by atoms with van der Waals surface area (Å²) < 4.78 is 56.6. The zero-order chi connectivity index (χ0) is 18.7. The number of halogens is 4. The van der Waals surface area contributed by atoms with E-state index in [4.69, 9.17) is 4.74 Å². The van der Waals surface area contributed by atoms with Crippen LogP contribution in [-0.2, 0) is 11.0 Å². The number of alkyl halides is 3. The van der Waals surface area contributed by atoms with Crippen molar-refractivity contribution in [2.45, 2.75) is 6.18 Å². The smallest absolute Gasteiger partial charge is 0.425 e. The van der Waals surface area contributed by atoms with E-state index in [1.54, 1.807) is 0 Å². The summed E-state index contributed by atoms with van der Waals surface area (Å²) in [6.07, 6.45) is -4.00. The Morgan fingerprint density at radius 2 is 1.88 bits per heavy atom. The molecular formula is C17H10F4N2O2S. The van der Waals surface area contributed by atoms with Gasteiger partial charge in [-0.1, -0.05) is 12.1 Å². The predicted molar refractivity (Wildman–Crippen MR) is 88.2 cm³/mol. The maximum absolute atomic E-state index is 13.4.